The van der Waals surface area contributed by atoms with Gasteiger partial charge in [-0.25, -0.2) is 0 Å². The Bertz CT molecular complexity index is 446. The second-order valence-corrected chi connectivity index (χ2v) is 5.60. The van der Waals surface area contributed by atoms with Gasteiger partial charge in [0.2, 0.25) is 0 Å². The molecular weight excluding hydrogens is 226 g/mol. The van der Waals surface area contributed by atoms with E-state index in [1.54, 1.807) is 7.11 Å². The predicted molar refractivity (Wildman–Crippen MR) is 70.9 cm³/mol. The average Bonchev–Trinajstić information content (AvgIpc) is 2.37. The van der Waals surface area contributed by atoms with Gasteiger partial charge in [-0.05, 0) is 48.9 Å². The second kappa shape index (κ2) is 4.56. The molecule has 3 nitrogen and oxygen atoms in total. The molecular formula is C15H21NO2. The normalized spacial score (nSPS) is 31.1. The van der Waals surface area contributed by atoms with Crippen molar-refractivity contribution in [2.75, 3.05) is 13.7 Å². The number of hydrogen-bond donors (Lipinski definition) is 1. The van der Waals surface area contributed by atoms with Crippen molar-refractivity contribution in [1.29, 1.82) is 0 Å². The molecule has 1 aliphatic heterocycles. The molecule has 0 saturated carbocycles. The molecule has 2 aliphatic rings. The third-order valence-corrected chi connectivity index (χ3v) is 4.31. The number of rotatable bonds is 1. The minimum Gasteiger partial charge on any atom is -0.497 e. The first-order valence-electron chi connectivity index (χ1n) is 6.76. The van der Waals surface area contributed by atoms with Crippen molar-refractivity contribution in [3.8, 4) is 5.75 Å². The van der Waals surface area contributed by atoms with Gasteiger partial charge in [0, 0.05) is 19.1 Å². The van der Waals surface area contributed by atoms with Crippen LogP contribution in [0.5, 0.6) is 5.75 Å². The number of ether oxygens (including phenoxy) is 2. The summed E-state index contributed by atoms with van der Waals surface area (Å²) in [5.74, 6) is 0.936. The Morgan fingerprint density at radius 1 is 1.39 bits per heavy atom. The van der Waals surface area contributed by atoms with Crippen LogP contribution in [0.4, 0.5) is 0 Å². The number of benzene rings is 1. The molecule has 1 aliphatic carbocycles. The van der Waals surface area contributed by atoms with E-state index in [0.29, 0.717) is 6.04 Å². The van der Waals surface area contributed by atoms with Crippen LogP contribution in [0, 0.1) is 0 Å². The van der Waals surface area contributed by atoms with Crippen LogP contribution in [0.3, 0.4) is 0 Å². The van der Waals surface area contributed by atoms with Gasteiger partial charge in [0.1, 0.15) is 5.75 Å². The molecule has 1 aromatic carbocycles. The predicted octanol–water partition coefficient (Wildman–Crippen LogP) is 2.06. The fraction of sp³-hybridized carbons (Fsp3) is 0.600. The Morgan fingerprint density at radius 2 is 2.28 bits per heavy atom. The third kappa shape index (κ3) is 2.13. The van der Waals surface area contributed by atoms with Gasteiger partial charge in [-0.2, -0.15) is 0 Å². The summed E-state index contributed by atoms with van der Waals surface area (Å²) in [6, 6.07) is 6.68. The zero-order valence-corrected chi connectivity index (χ0v) is 10.9. The first-order valence-corrected chi connectivity index (χ1v) is 6.76. The molecule has 1 saturated heterocycles. The number of methoxy groups -OCH3 is 1. The zero-order chi connectivity index (χ0) is 12.6. The number of hydrogen-bond acceptors (Lipinski definition) is 3. The minimum atomic E-state index is -0.0168. The molecule has 2 N–H and O–H groups in total. The molecule has 0 aromatic heterocycles. The lowest BCUT2D eigenvalue weighted by Gasteiger charge is -2.43. The molecule has 2 unspecified atom stereocenters. The molecule has 2 atom stereocenters. The molecule has 3 heteroatoms. The van der Waals surface area contributed by atoms with E-state index in [1.807, 2.05) is 6.07 Å². The minimum absolute atomic E-state index is 0.0168. The van der Waals surface area contributed by atoms with Crippen LogP contribution in [0.1, 0.15) is 30.4 Å². The van der Waals surface area contributed by atoms with Crippen LogP contribution in [0.2, 0.25) is 0 Å². The maximum absolute atomic E-state index is 6.11. The first-order chi connectivity index (χ1) is 8.71. The SMILES string of the molecule is COc1ccc2c(c1)CC1(CC2)CC(N)CCO1. The summed E-state index contributed by atoms with van der Waals surface area (Å²) in [6.07, 6.45) is 5.15. The highest BCUT2D eigenvalue weighted by Gasteiger charge is 2.39. The van der Waals surface area contributed by atoms with Crippen molar-refractivity contribution >= 4 is 0 Å². The summed E-state index contributed by atoms with van der Waals surface area (Å²) in [7, 11) is 1.72. The number of nitrogens with two attached hydrogens (primary N) is 1. The maximum atomic E-state index is 6.11. The topological polar surface area (TPSA) is 44.5 Å². The highest BCUT2D eigenvalue weighted by Crippen LogP contribution is 2.38. The monoisotopic (exact) mass is 247 g/mol. The number of fused-ring (bicyclic) bond motifs is 1. The lowest BCUT2D eigenvalue weighted by Crippen LogP contribution is -2.48. The molecule has 98 valence electrons. The fourth-order valence-electron chi connectivity index (χ4n) is 3.30. The van der Waals surface area contributed by atoms with Crippen molar-refractivity contribution in [2.45, 2.75) is 43.7 Å². The van der Waals surface area contributed by atoms with Gasteiger partial charge in [0.25, 0.3) is 0 Å². The standard InChI is InChI=1S/C15H21NO2/c1-17-14-3-2-11-4-6-15(9-12(11)8-14)10-13(16)5-7-18-15/h2-3,8,13H,4-7,9-10,16H2,1H3. The molecule has 1 spiro atoms. The average molecular weight is 247 g/mol. The summed E-state index contributed by atoms with van der Waals surface area (Å²) >= 11 is 0. The van der Waals surface area contributed by atoms with Gasteiger partial charge >= 0.3 is 0 Å². The Morgan fingerprint density at radius 3 is 3.06 bits per heavy atom. The number of aryl methyl sites for hydroxylation is 1. The molecule has 1 heterocycles. The van der Waals surface area contributed by atoms with Crippen molar-refractivity contribution in [2.24, 2.45) is 5.73 Å². The van der Waals surface area contributed by atoms with E-state index in [1.165, 1.54) is 11.1 Å². The summed E-state index contributed by atoms with van der Waals surface area (Å²) in [4.78, 5) is 0. The molecule has 18 heavy (non-hydrogen) atoms. The Hall–Kier alpha value is -1.06. The van der Waals surface area contributed by atoms with E-state index < -0.39 is 0 Å². The van der Waals surface area contributed by atoms with Crippen molar-refractivity contribution in [1.82, 2.24) is 0 Å². The Kier molecular flexibility index (Phi) is 3.04. The zero-order valence-electron chi connectivity index (χ0n) is 10.9. The third-order valence-electron chi connectivity index (χ3n) is 4.31. The van der Waals surface area contributed by atoms with Gasteiger partial charge in [-0.1, -0.05) is 6.07 Å². The largest absolute Gasteiger partial charge is 0.497 e. The van der Waals surface area contributed by atoms with E-state index in [2.05, 4.69) is 12.1 Å². The molecule has 0 radical (unpaired) electrons. The van der Waals surface area contributed by atoms with Crippen LogP contribution in [0.25, 0.3) is 0 Å². The van der Waals surface area contributed by atoms with Gasteiger partial charge in [-0.15, -0.1) is 0 Å². The second-order valence-electron chi connectivity index (χ2n) is 5.60. The van der Waals surface area contributed by atoms with E-state index in [4.69, 9.17) is 15.2 Å². The van der Waals surface area contributed by atoms with Crippen LogP contribution in [-0.2, 0) is 17.6 Å². The molecule has 1 fully saturated rings. The van der Waals surface area contributed by atoms with Gasteiger partial charge in [0.15, 0.2) is 0 Å². The van der Waals surface area contributed by atoms with Crippen LogP contribution in [-0.4, -0.2) is 25.4 Å². The Balaban J connectivity index is 1.87. The molecule has 3 rings (SSSR count). The van der Waals surface area contributed by atoms with Crippen molar-refractivity contribution in [3.63, 3.8) is 0 Å². The summed E-state index contributed by atoms with van der Waals surface area (Å²) < 4.78 is 11.4. The Labute approximate surface area is 108 Å². The fourth-order valence-corrected chi connectivity index (χ4v) is 3.30. The summed E-state index contributed by atoms with van der Waals surface area (Å²) in [6.45, 7) is 0.806. The smallest absolute Gasteiger partial charge is 0.119 e. The quantitative estimate of drug-likeness (QED) is 0.826. The van der Waals surface area contributed by atoms with Gasteiger partial charge in [0.05, 0.1) is 12.7 Å². The first kappa shape index (κ1) is 12.0. The van der Waals surface area contributed by atoms with Gasteiger partial charge in [-0.3, -0.25) is 0 Å². The van der Waals surface area contributed by atoms with E-state index >= 15 is 0 Å². The van der Waals surface area contributed by atoms with E-state index in [-0.39, 0.29) is 5.60 Å². The summed E-state index contributed by atoms with van der Waals surface area (Å²) in [5.41, 5.74) is 8.90. The molecule has 0 bridgehead atoms. The van der Waals surface area contributed by atoms with Gasteiger partial charge < -0.3 is 15.2 Å². The van der Waals surface area contributed by atoms with E-state index in [0.717, 1.165) is 44.5 Å². The van der Waals surface area contributed by atoms with Crippen molar-refractivity contribution < 1.29 is 9.47 Å². The van der Waals surface area contributed by atoms with E-state index in [9.17, 15) is 0 Å². The van der Waals surface area contributed by atoms with Crippen LogP contribution >= 0.6 is 0 Å². The van der Waals surface area contributed by atoms with Crippen LogP contribution < -0.4 is 10.5 Å². The molecule has 0 amide bonds. The lowest BCUT2D eigenvalue weighted by molar-refractivity contribution is -0.0920. The summed E-state index contributed by atoms with van der Waals surface area (Å²) in [5, 5.41) is 0. The molecule has 1 aromatic rings. The lowest BCUT2D eigenvalue weighted by atomic mass is 9.75. The maximum Gasteiger partial charge on any atom is 0.119 e. The van der Waals surface area contributed by atoms with Crippen LogP contribution in [0.15, 0.2) is 18.2 Å². The van der Waals surface area contributed by atoms with Crippen molar-refractivity contribution in [3.05, 3.63) is 29.3 Å². The highest BCUT2D eigenvalue weighted by atomic mass is 16.5. The highest BCUT2D eigenvalue weighted by molar-refractivity contribution is 5.38.